The molecule has 0 bridgehead atoms. The average Bonchev–Trinajstić information content (AvgIpc) is 3.17. The molecule has 0 saturated carbocycles. The molecule has 5 N–H and O–H groups in total. The Balaban J connectivity index is 1.63. The zero-order valence-corrected chi connectivity index (χ0v) is 17.5. The number of nitrogens with zero attached hydrogens (tertiary/aromatic N) is 5. The highest BCUT2D eigenvalue weighted by Gasteiger charge is 2.37. The van der Waals surface area contributed by atoms with Crippen LogP contribution in [-0.2, 0) is 4.74 Å². The molecule has 1 aromatic carbocycles. The maximum Gasteiger partial charge on any atom is 0.410 e. The van der Waals surface area contributed by atoms with Gasteiger partial charge in [-0.2, -0.15) is 0 Å². The third-order valence-corrected chi connectivity index (χ3v) is 5.52. The van der Waals surface area contributed by atoms with Crippen molar-refractivity contribution in [1.82, 2.24) is 14.9 Å². The van der Waals surface area contributed by atoms with Gasteiger partial charge in [0.05, 0.1) is 17.4 Å². The van der Waals surface area contributed by atoms with Crippen LogP contribution in [0.1, 0.15) is 16.8 Å². The number of carbonyl (C=O) groups is 1. The van der Waals surface area contributed by atoms with Gasteiger partial charge >= 0.3 is 6.09 Å². The molecule has 3 heterocycles. The van der Waals surface area contributed by atoms with E-state index in [1.165, 1.54) is 24.8 Å². The molecule has 1 atom stereocenters. The number of benzene rings is 1. The van der Waals surface area contributed by atoms with Crippen molar-refractivity contribution in [2.24, 2.45) is 10.7 Å². The number of piperazine rings is 1. The van der Waals surface area contributed by atoms with Gasteiger partial charge in [-0.05, 0) is 12.1 Å². The Kier molecular flexibility index (Phi) is 5.71. The van der Waals surface area contributed by atoms with Gasteiger partial charge < -0.3 is 21.1 Å². The number of fused-ring (bicyclic) bond motifs is 1. The Morgan fingerprint density at radius 2 is 2.12 bits per heavy atom. The third-order valence-electron chi connectivity index (χ3n) is 5.52. The molecule has 1 amide bonds. The van der Waals surface area contributed by atoms with E-state index in [1.807, 2.05) is 4.90 Å². The normalized spacial score (nSPS) is 18.8. The molecule has 32 heavy (non-hydrogen) atoms. The van der Waals surface area contributed by atoms with Crippen molar-refractivity contribution in [3.63, 3.8) is 0 Å². The number of aliphatic imine (C=N–C) groups is 1. The molecule has 2 aliphatic heterocycles. The number of ether oxygens (including phenoxy) is 1. The summed E-state index contributed by atoms with van der Waals surface area (Å²) in [6.07, 6.45) is 3.76. The number of nitrogens with two attached hydrogens (primary N) is 2. The first-order valence-corrected chi connectivity index (χ1v) is 9.96. The number of nitrogens with one attached hydrogen (secondary N) is 1. The number of amides is 1. The topological polar surface area (TPSA) is 147 Å². The van der Waals surface area contributed by atoms with Crippen LogP contribution in [0.15, 0.2) is 35.7 Å². The summed E-state index contributed by atoms with van der Waals surface area (Å²) in [5.74, 6) is 0.0607. The lowest BCUT2D eigenvalue weighted by atomic mass is 9.98. The molecule has 166 valence electrons. The van der Waals surface area contributed by atoms with Crippen LogP contribution in [0.2, 0.25) is 0 Å². The first-order valence-electron chi connectivity index (χ1n) is 9.96. The van der Waals surface area contributed by atoms with Crippen LogP contribution in [0.25, 0.3) is 5.57 Å². The van der Waals surface area contributed by atoms with E-state index in [0.717, 1.165) is 6.07 Å². The van der Waals surface area contributed by atoms with Crippen LogP contribution in [0, 0.1) is 11.2 Å². The van der Waals surface area contributed by atoms with Crippen LogP contribution in [-0.4, -0.2) is 72.2 Å². The quantitative estimate of drug-likeness (QED) is 0.470. The standard InChI is InChI=1S/C21H23FN8O2/c1-26-8-12(7-23)14-4-15(17(24)5-16(14)22)20(25)18-6-19(28-11-27-18)29-2-3-30-13(9-29)10-32-21(30)31/h4-8,11,13,25H,2-3,9-10,23-24H2,1H3. The maximum absolute atomic E-state index is 14.5. The minimum atomic E-state index is -0.565. The van der Waals surface area contributed by atoms with Gasteiger partial charge in [-0.25, -0.2) is 19.2 Å². The molecule has 1 unspecified atom stereocenters. The van der Waals surface area contributed by atoms with Gasteiger partial charge in [-0.1, -0.05) is 0 Å². The lowest BCUT2D eigenvalue weighted by molar-refractivity contribution is 0.157. The third kappa shape index (κ3) is 3.84. The van der Waals surface area contributed by atoms with E-state index in [0.29, 0.717) is 48.9 Å². The highest BCUT2D eigenvalue weighted by atomic mass is 19.1. The van der Waals surface area contributed by atoms with Crippen molar-refractivity contribution in [2.45, 2.75) is 6.04 Å². The number of rotatable bonds is 5. The summed E-state index contributed by atoms with van der Waals surface area (Å²) in [6.45, 7) is 2.02. The number of nitrogen functional groups attached to an aromatic ring is 1. The van der Waals surface area contributed by atoms with Crippen molar-refractivity contribution in [3.05, 3.63) is 53.4 Å². The zero-order valence-electron chi connectivity index (χ0n) is 17.5. The first kappa shape index (κ1) is 21.2. The fourth-order valence-electron chi connectivity index (χ4n) is 3.86. The van der Waals surface area contributed by atoms with Crippen molar-refractivity contribution in [1.29, 1.82) is 5.41 Å². The van der Waals surface area contributed by atoms with Crippen LogP contribution >= 0.6 is 0 Å². The molecule has 2 fully saturated rings. The van der Waals surface area contributed by atoms with Gasteiger partial charge in [0.15, 0.2) is 0 Å². The highest BCUT2D eigenvalue weighted by Crippen LogP contribution is 2.26. The van der Waals surface area contributed by atoms with Crippen molar-refractivity contribution >= 4 is 35.1 Å². The van der Waals surface area contributed by atoms with Crippen LogP contribution in [0.5, 0.6) is 0 Å². The second-order valence-electron chi connectivity index (χ2n) is 7.44. The second-order valence-corrected chi connectivity index (χ2v) is 7.44. The van der Waals surface area contributed by atoms with E-state index < -0.39 is 5.82 Å². The maximum atomic E-state index is 14.5. The molecular weight excluding hydrogens is 415 g/mol. The molecule has 11 heteroatoms. The Hall–Kier alpha value is -4.02. The summed E-state index contributed by atoms with van der Waals surface area (Å²) >= 11 is 0. The molecular formula is C21H23FN8O2. The monoisotopic (exact) mass is 438 g/mol. The van der Waals surface area contributed by atoms with Crippen molar-refractivity contribution in [3.8, 4) is 0 Å². The smallest absolute Gasteiger partial charge is 0.410 e. The highest BCUT2D eigenvalue weighted by molar-refractivity contribution is 6.15. The van der Waals surface area contributed by atoms with Gasteiger partial charge in [-0.15, -0.1) is 0 Å². The summed E-state index contributed by atoms with van der Waals surface area (Å²) in [5, 5.41) is 8.67. The van der Waals surface area contributed by atoms with E-state index in [-0.39, 0.29) is 29.1 Å². The van der Waals surface area contributed by atoms with Gasteiger partial charge in [0, 0.05) is 67.6 Å². The van der Waals surface area contributed by atoms with E-state index in [2.05, 4.69) is 15.0 Å². The van der Waals surface area contributed by atoms with E-state index in [1.54, 1.807) is 18.0 Å². The molecule has 1 aromatic heterocycles. The van der Waals surface area contributed by atoms with E-state index in [4.69, 9.17) is 21.6 Å². The van der Waals surface area contributed by atoms with Gasteiger partial charge in [-0.3, -0.25) is 15.3 Å². The minimum absolute atomic E-state index is 0.0234. The average molecular weight is 438 g/mol. The molecule has 2 saturated heterocycles. The zero-order chi connectivity index (χ0) is 22.8. The molecule has 2 aliphatic rings. The van der Waals surface area contributed by atoms with Gasteiger partial charge in [0.2, 0.25) is 0 Å². The second kappa shape index (κ2) is 8.61. The first-order chi connectivity index (χ1) is 15.4. The predicted molar refractivity (Wildman–Crippen MR) is 119 cm³/mol. The lowest BCUT2D eigenvalue weighted by Crippen LogP contribution is -2.52. The van der Waals surface area contributed by atoms with Crippen LogP contribution < -0.4 is 16.4 Å². The summed E-state index contributed by atoms with van der Waals surface area (Å²) in [7, 11) is 1.55. The van der Waals surface area contributed by atoms with Crippen LogP contribution in [0.3, 0.4) is 0 Å². The number of halogens is 1. The molecule has 0 radical (unpaired) electrons. The molecule has 2 aromatic rings. The number of carbonyl (C=O) groups excluding carboxylic acids is 1. The predicted octanol–water partition coefficient (Wildman–Crippen LogP) is 1.26. The Morgan fingerprint density at radius 3 is 2.88 bits per heavy atom. The summed E-state index contributed by atoms with van der Waals surface area (Å²) < 4.78 is 19.6. The molecule has 0 aliphatic carbocycles. The fourth-order valence-corrected chi connectivity index (χ4v) is 3.86. The van der Waals surface area contributed by atoms with Gasteiger partial charge in [0.25, 0.3) is 0 Å². The van der Waals surface area contributed by atoms with Gasteiger partial charge in [0.1, 0.15) is 24.6 Å². The minimum Gasteiger partial charge on any atom is -0.447 e. The van der Waals surface area contributed by atoms with E-state index >= 15 is 0 Å². The summed E-state index contributed by atoms with van der Waals surface area (Å²) in [4.78, 5) is 27.9. The molecule has 10 nitrogen and oxygen atoms in total. The summed E-state index contributed by atoms with van der Waals surface area (Å²) in [6, 6.07) is 4.27. The number of anilines is 2. The van der Waals surface area contributed by atoms with Crippen LogP contribution in [0.4, 0.5) is 20.7 Å². The lowest BCUT2D eigenvalue weighted by Gasteiger charge is -2.36. The fraction of sp³-hybridized carbons (Fsp3) is 0.286. The number of hydrogen-bond donors (Lipinski definition) is 3. The SMILES string of the molecule is CN=CC(=CN)c1cc(C(=N)c2cc(N3CCN4C(=O)OCC4C3)ncn2)c(N)cc1F. The number of cyclic esters (lactones) is 1. The summed E-state index contributed by atoms with van der Waals surface area (Å²) in [5.41, 5.74) is 13.0. The Bertz CT molecular complexity index is 1130. The number of hydrogen-bond acceptors (Lipinski definition) is 9. The molecule has 4 rings (SSSR count). The van der Waals surface area contributed by atoms with Crippen molar-refractivity contribution < 1.29 is 13.9 Å². The largest absolute Gasteiger partial charge is 0.447 e. The Morgan fingerprint density at radius 1 is 1.31 bits per heavy atom. The molecule has 0 spiro atoms. The Labute approximate surface area is 183 Å². The number of aromatic nitrogens is 2. The van der Waals surface area contributed by atoms with Crippen molar-refractivity contribution in [2.75, 3.05) is 43.9 Å². The number of allylic oxidation sites excluding steroid dienone is 1. The van der Waals surface area contributed by atoms with E-state index in [9.17, 15) is 9.18 Å².